The molecule has 3 heterocycles. The second kappa shape index (κ2) is 6.80. The van der Waals surface area contributed by atoms with E-state index in [2.05, 4.69) is 40.0 Å². The van der Waals surface area contributed by atoms with Crippen molar-refractivity contribution in [2.45, 2.75) is 20.0 Å². The Morgan fingerprint density at radius 3 is 2.85 bits per heavy atom. The number of hydrogen-bond donors (Lipinski definition) is 1. The Morgan fingerprint density at radius 2 is 2.08 bits per heavy atom. The average Bonchev–Trinajstić information content (AvgIpc) is 3.37. The van der Waals surface area contributed by atoms with Crippen molar-refractivity contribution in [3.05, 3.63) is 65.4 Å². The Labute approximate surface area is 155 Å². The maximum atomic E-state index is 12.4. The smallest absolute Gasteiger partial charge is 0.271 e. The van der Waals surface area contributed by atoms with Crippen molar-refractivity contribution in [1.29, 1.82) is 0 Å². The fourth-order valence-electron chi connectivity index (χ4n) is 3.17. The largest absolute Gasteiger partial charge is 0.353 e. The Morgan fingerprint density at radius 1 is 1.23 bits per heavy atom. The number of nitrogens with one attached hydrogen (secondary N) is 1. The van der Waals surface area contributed by atoms with E-state index < -0.39 is 0 Å². The van der Waals surface area contributed by atoms with Gasteiger partial charge in [-0.05, 0) is 31.2 Å². The second-order valence-corrected chi connectivity index (χ2v) is 7.02. The summed E-state index contributed by atoms with van der Waals surface area (Å²) in [6.45, 7) is 3.47. The topological polar surface area (TPSA) is 51.9 Å². The van der Waals surface area contributed by atoms with Crippen molar-refractivity contribution in [3.8, 4) is 10.7 Å². The van der Waals surface area contributed by atoms with Gasteiger partial charge in [-0.2, -0.15) is 0 Å². The van der Waals surface area contributed by atoms with Crippen LogP contribution in [0.5, 0.6) is 0 Å². The molecule has 0 saturated heterocycles. The molecule has 0 fully saturated rings. The van der Waals surface area contributed by atoms with Crippen molar-refractivity contribution in [2.75, 3.05) is 0 Å². The van der Waals surface area contributed by atoms with Crippen molar-refractivity contribution in [2.24, 2.45) is 7.05 Å². The van der Waals surface area contributed by atoms with Gasteiger partial charge in [0.05, 0.1) is 12.2 Å². The molecule has 0 aliphatic rings. The molecule has 4 aromatic rings. The van der Waals surface area contributed by atoms with E-state index >= 15 is 0 Å². The first-order valence-electron chi connectivity index (χ1n) is 8.60. The molecular weight excluding hydrogens is 344 g/mol. The van der Waals surface area contributed by atoms with E-state index in [4.69, 9.17) is 0 Å². The molecule has 3 aromatic heterocycles. The third kappa shape index (κ3) is 2.93. The molecule has 6 heteroatoms. The highest BCUT2D eigenvalue weighted by atomic mass is 32.1. The second-order valence-electron chi connectivity index (χ2n) is 6.16. The zero-order valence-electron chi connectivity index (χ0n) is 14.8. The molecule has 0 aliphatic carbocycles. The third-order valence-corrected chi connectivity index (χ3v) is 5.43. The fraction of sp³-hybridized carbons (Fsp3) is 0.200. The van der Waals surface area contributed by atoms with Gasteiger partial charge < -0.3 is 14.5 Å². The minimum atomic E-state index is -0.146. The summed E-state index contributed by atoms with van der Waals surface area (Å²) in [5.41, 5.74) is 3.77. The van der Waals surface area contributed by atoms with E-state index in [1.54, 1.807) is 0 Å². The number of aromatic nitrogens is 3. The number of rotatable bonds is 5. The van der Waals surface area contributed by atoms with Crippen LogP contribution >= 0.6 is 11.3 Å². The van der Waals surface area contributed by atoms with Crippen LogP contribution in [-0.4, -0.2) is 20.0 Å². The Hall–Kier alpha value is -2.86. The summed E-state index contributed by atoms with van der Waals surface area (Å²) in [6, 6.07) is 14.4. The van der Waals surface area contributed by atoms with Crippen LogP contribution in [0.4, 0.5) is 0 Å². The Balaban J connectivity index is 1.58. The Kier molecular flexibility index (Phi) is 4.34. The van der Waals surface area contributed by atoms with E-state index in [1.807, 2.05) is 47.5 Å². The highest BCUT2D eigenvalue weighted by Gasteiger charge is 2.16. The van der Waals surface area contributed by atoms with Crippen LogP contribution in [0.15, 0.2) is 54.0 Å². The van der Waals surface area contributed by atoms with Crippen molar-refractivity contribution in [1.82, 2.24) is 19.4 Å². The third-order valence-electron chi connectivity index (χ3n) is 4.56. The van der Waals surface area contributed by atoms with Gasteiger partial charge in [0, 0.05) is 41.8 Å². The number of fused-ring (bicyclic) bond motifs is 1. The number of nitrogens with zero attached hydrogens (tertiary/aromatic N) is 3. The fourth-order valence-corrected chi connectivity index (χ4v) is 3.99. The molecule has 1 N–H and O–H groups in total. The van der Waals surface area contributed by atoms with Gasteiger partial charge in [-0.3, -0.25) is 4.79 Å². The SMILES string of the molecule is CCn1c(-c2nc(C(=O)NCc3cccn3C)cs2)cc2ccccc21. The summed E-state index contributed by atoms with van der Waals surface area (Å²) in [7, 11) is 1.96. The van der Waals surface area contributed by atoms with Gasteiger partial charge in [-0.25, -0.2) is 4.98 Å². The normalized spacial score (nSPS) is 11.2. The van der Waals surface area contributed by atoms with Crippen molar-refractivity contribution in [3.63, 3.8) is 0 Å². The van der Waals surface area contributed by atoms with Crippen molar-refractivity contribution >= 4 is 28.1 Å². The molecule has 0 saturated carbocycles. The summed E-state index contributed by atoms with van der Waals surface area (Å²) in [4.78, 5) is 17.0. The summed E-state index contributed by atoms with van der Waals surface area (Å²) < 4.78 is 4.23. The maximum Gasteiger partial charge on any atom is 0.271 e. The van der Waals surface area contributed by atoms with Crippen LogP contribution < -0.4 is 5.32 Å². The number of benzene rings is 1. The highest BCUT2D eigenvalue weighted by molar-refractivity contribution is 7.13. The van der Waals surface area contributed by atoms with Crippen LogP contribution in [0.2, 0.25) is 0 Å². The molecule has 0 aliphatic heterocycles. The van der Waals surface area contributed by atoms with Gasteiger partial charge in [0.2, 0.25) is 0 Å². The van der Waals surface area contributed by atoms with Gasteiger partial charge in [0.1, 0.15) is 10.7 Å². The number of hydrogen-bond acceptors (Lipinski definition) is 3. The molecule has 0 radical (unpaired) electrons. The molecule has 1 amide bonds. The van der Waals surface area contributed by atoms with Crippen LogP contribution in [0, 0.1) is 0 Å². The zero-order valence-corrected chi connectivity index (χ0v) is 15.6. The number of carbonyl (C=O) groups is 1. The molecule has 0 unspecified atom stereocenters. The van der Waals surface area contributed by atoms with E-state index in [-0.39, 0.29) is 5.91 Å². The average molecular weight is 364 g/mol. The monoisotopic (exact) mass is 364 g/mol. The van der Waals surface area contributed by atoms with E-state index in [0.717, 1.165) is 22.9 Å². The Bertz CT molecular complexity index is 1070. The van der Waals surface area contributed by atoms with Crippen LogP contribution in [0.1, 0.15) is 23.1 Å². The highest BCUT2D eigenvalue weighted by Crippen LogP contribution is 2.30. The molecule has 1 aromatic carbocycles. The summed E-state index contributed by atoms with van der Waals surface area (Å²) in [5.74, 6) is -0.146. The quantitative estimate of drug-likeness (QED) is 0.581. The van der Waals surface area contributed by atoms with Gasteiger partial charge in [0.25, 0.3) is 5.91 Å². The minimum absolute atomic E-state index is 0.146. The molecule has 132 valence electrons. The standard InChI is InChI=1S/C20H20N4OS/c1-3-24-17-9-5-4-7-14(17)11-18(24)20-22-16(13-26-20)19(25)21-12-15-8-6-10-23(15)2/h4-11,13H,3,12H2,1-2H3,(H,21,25). The lowest BCUT2D eigenvalue weighted by molar-refractivity contribution is 0.0946. The summed E-state index contributed by atoms with van der Waals surface area (Å²) >= 11 is 1.50. The number of amides is 1. The minimum Gasteiger partial charge on any atom is -0.353 e. The lowest BCUT2D eigenvalue weighted by atomic mass is 10.2. The van der Waals surface area contributed by atoms with Gasteiger partial charge >= 0.3 is 0 Å². The van der Waals surface area contributed by atoms with Crippen LogP contribution in [0.3, 0.4) is 0 Å². The first-order chi connectivity index (χ1) is 12.7. The summed E-state index contributed by atoms with van der Waals surface area (Å²) in [6.07, 6.45) is 1.96. The first kappa shape index (κ1) is 16.6. The van der Waals surface area contributed by atoms with Gasteiger partial charge in [-0.15, -0.1) is 11.3 Å². The number of aryl methyl sites for hydroxylation is 2. The van der Waals surface area contributed by atoms with E-state index in [9.17, 15) is 4.79 Å². The lowest BCUT2D eigenvalue weighted by Crippen LogP contribution is -2.24. The molecular formula is C20H20N4OS. The van der Waals surface area contributed by atoms with E-state index in [0.29, 0.717) is 12.2 Å². The predicted molar refractivity (Wildman–Crippen MR) is 105 cm³/mol. The summed E-state index contributed by atoms with van der Waals surface area (Å²) in [5, 5.41) is 6.82. The molecule has 26 heavy (non-hydrogen) atoms. The van der Waals surface area contributed by atoms with Gasteiger partial charge in [-0.1, -0.05) is 18.2 Å². The molecule has 5 nitrogen and oxygen atoms in total. The first-order valence-corrected chi connectivity index (χ1v) is 9.48. The predicted octanol–water partition coefficient (Wildman–Crippen LogP) is 4.05. The molecule has 0 atom stereocenters. The van der Waals surface area contributed by atoms with Crippen LogP contribution in [-0.2, 0) is 20.1 Å². The zero-order chi connectivity index (χ0) is 18.1. The van der Waals surface area contributed by atoms with Crippen LogP contribution in [0.25, 0.3) is 21.6 Å². The maximum absolute atomic E-state index is 12.4. The molecule has 4 rings (SSSR count). The van der Waals surface area contributed by atoms with Crippen molar-refractivity contribution < 1.29 is 4.79 Å². The molecule has 0 bridgehead atoms. The number of carbonyl (C=O) groups excluding carboxylic acids is 1. The number of thiazole rings is 1. The number of para-hydroxylation sites is 1. The molecule has 0 spiro atoms. The van der Waals surface area contributed by atoms with E-state index in [1.165, 1.54) is 22.2 Å². The van der Waals surface area contributed by atoms with Gasteiger partial charge in [0.15, 0.2) is 0 Å². The lowest BCUT2D eigenvalue weighted by Gasteiger charge is -2.06.